The van der Waals surface area contributed by atoms with E-state index in [9.17, 15) is 33.0 Å². The predicted molar refractivity (Wildman–Crippen MR) is 130 cm³/mol. The van der Waals surface area contributed by atoms with Crippen molar-refractivity contribution < 1.29 is 37.7 Å². The number of aliphatic carboxylic acids is 1. The lowest BCUT2D eigenvalue weighted by atomic mass is 10.0. The molecule has 2 atom stereocenters. The van der Waals surface area contributed by atoms with Gasteiger partial charge in [0.05, 0.1) is 11.1 Å². The molecule has 4 rings (SSSR count). The quantitative estimate of drug-likeness (QED) is 0.298. The summed E-state index contributed by atoms with van der Waals surface area (Å²) in [6, 6.07) is 21.0. The number of carboxylic acids is 1. The number of aliphatic hydroxyl groups excluding tert-OH is 1. The van der Waals surface area contributed by atoms with Gasteiger partial charge in [0.2, 0.25) is 0 Å². The number of ether oxygens (including phenoxy) is 1. The second kappa shape index (κ2) is 10.7. The molecule has 37 heavy (non-hydrogen) atoms. The van der Waals surface area contributed by atoms with Gasteiger partial charge >= 0.3 is 12.1 Å². The zero-order chi connectivity index (χ0) is 26.6. The Balaban J connectivity index is 1.63. The summed E-state index contributed by atoms with van der Waals surface area (Å²) in [4.78, 5) is 25.1. The van der Waals surface area contributed by atoms with Crippen LogP contribution in [-0.2, 0) is 17.6 Å². The minimum Gasteiger partial charge on any atom is -0.487 e. The van der Waals surface area contributed by atoms with Gasteiger partial charge in [-0.15, -0.1) is 0 Å². The fraction of sp³-hybridized carbons (Fsp3) is 0.143. The molecule has 3 N–H and O–H groups in total. The largest absolute Gasteiger partial charge is 0.487 e. The normalized spacial score (nSPS) is 13.1. The van der Waals surface area contributed by atoms with Gasteiger partial charge in [0.1, 0.15) is 18.5 Å². The maximum atomic E-state index is 13.2. The first-order chi connectivity index (χ1) is 17.6. The predicted octanol–water partition coefficient (Wildman–Crippen LogP) is 5.35. The van der Waals surface area contributed by atoms with Crippen LogP contribution in [0.2, 0.25) is 0 Å². The number of nitrogens with one attached hydrogen (secondary N) is 1. The smallest absolute Gasteiger partial charge is 0.416 e. The molecule has 0 aliphatic heterocycles. The first-order valence-electron chi connectivity index (χ1n) is 11.2. The lowest BCUT2D eigenvalue weighted by Crippen LogP contribution is -2.45. The number of aliphatic hydroxyl groups is 1. The van der Waals surface area contributed by atoms with Crippen LogP contribution in [0.3, 0.4) is 0 Å². The fourth-order valence-electron chi connectivity index (χ4n) is 3.86. The maximum absolute atomic E-state index is 13.2. The van der Waals surface area contributed by atoms with Crippen molar-refractivity contribution in [2.45, 2.75) is 24.9 Å². The zero-order valence-electron chi connectivity index (χ0n) is 19.3. The topological polar surface area (TPSA) is 95.9 Å². The molecule has 0 fully saturated rings. The van der Waals surface area contributed by atoms with Gasteiger partial charge in [-0.1, -0.05) is 72.8 Å². The van der Waals surface area contributed by atoms with E-state index in [4.69, 9.17) is 4.74 Å². The van der Waals surface area contributed by atoms with Crippen LogP contribution in [0.1, 0.15) is 33.2 Å². The molecule has 0 aromatic heterocycles. The van der Waals surface area contributed by atoms with E-state index in [-0.39, 0.29) is 17.9 Å². The number of benzene rings is 4. The Morgan fingerprint density at radius 3 is 2.16 bits per heavy atom. The molecule has 0 heterocycles. The van der Waals surface area contributed by atoms with Gasteiger partial charge < -0.3 is 20.3 Å². The average Bonchev–Trinajstić information content (AvgIpc) is 2.89. The van der Waals surface area contributed by atoms with Crippen LogP contribution in [0.5, 0.6) is 5.75 Å². The highest BCUT2D eigenvalue weighted by atomic mass is 19.4. The highest BCUT2D eigenvalue weighted by Gasteiger charge is 2.31. The van der Waals surface area contributed by atoms with Crippen molar-refractivity contribution in [2.75, 3.05) is 0 Å². The first-order valence-corrected chi connectivity index (χ1v) is 11.2. The second-order valence-electron chi connectivity index (χ2n) is 8.29. The lowest BCUT2D eigenvalue weighted by Gasteiger charge is -2.22. The number of hydrogen-bond donors (Lipinski definition) is 3. The molecule has 0 spiro atoms. The molecule has 0 saturated carbocycles. The van der Waals surface area contributed by atoms with E-state index in [1.807, 2.05) is 0 Å². The Labute approximate surface area is 209 Å². The van der Waals surface area contributed by atoms with Crippen LogP contribution in [-0.4, -0.2) is 28.1 Å². The van der Waals surface area contributed by atoms with Crippen molar-refractivity contribution in [3.8, 4) is 5.75 Å². The van der Waals surface area contributed by atoms with Crippen LogP contribution < -0.4 is 10.1 Å². The Hall–Kier alpha value is -4.37. The van der Waals surface area contributed by atoms with E-state index in [0.717, 1.165) is 17.5 Å². The number of alkyl halides is 3. The Bertz CT molecular complexity index is 1410. The van der Waals surface area contributed by atoms with Crippen molar-refractivity contribution in [3.05, 3.63) is 113 Å². The molecule has 9 heteroatoms. The van der Waals surface area contributed by atoms with Crippen molar-refractivity contribution in [3.63, 3.8) is 0 Å². The van der Waals surface area contributed by atoms with E-state index >= 15 is 0 Å². The van der Waals surface area contributed by atoms with E-state index < -0.39 is 35.8 Å². The van der Waals surface area contributed by atoms with E-state index in [1.54, 1.807) is 60.7 Å². The molecule has 190 valence electrons. The molecule has 6 nitrogen and oxygen atoms in total. The minimum atomic E-state index is -4.47. The number of halogens is 3. The summed E-state index contributed by atoms with van der Waals surface area (Å²) in [5.41, 5.74) is -0.0296. The average molecular weight is 509 g/mol. The molecular weight excluding hydrogens is 487 g/mol. The number of carbonyl (C=O) groups is 2. The molecule has 0 bridgehead atoms. The fourth-order valence-corrected chi connectivity index (χ4v) is 3.86. The molecule has 2 unspecified atom stereocenters. The summed E-state index contributed by atoms with van der Waals surface area (Å²) in [5, 5.41) is 24.0. The van der Waals surface area contributed by atoms with Gasteiger partial charge in [0, 0.05) is 5.39 Å². The number of fused-ring (bicyclic) bond motifs is 1. The number of carbonyl (C=O) groups excluding carboxylic acids is 1. The SMILES string of the molecule is O=C(NC(C(=O)O)C(O)c1ccccc1)c1ccc2ccccc2c1OCc1ccc(C(F)(F)F)cc1. The molecule has 4 aromatic rings. The van der Waals surface area contributed by atoms with Crippen molar-refractivity contribution >= 4 is 22.6 Å². The molecular formula is C28H22F3NO5. The number of carboxylic acid groups (broad SMARTS) is 1. The first kappa shape index (κ1) is 25.7. The highest BCUT2D eigenvalue weighted by molar-refractivity contribution is 6.05. The number of amides is 1. The third kappa shape index (κ3) is 5.90. The van der Waals surface area contributed by atoms with E-state index in [1.165, 1.54) is 18.2 Å². The van der Waals surface area contributed by atoms with Crippen LogP contribution in [0.15, 0.2) is 91.0 Å². The third-order valence-corrected chi connectivity index (χ3v) is 5.80. The van der Waals surface area contributed by atoms with Crippen molar-refractivity contribution in [1.29, 1.82) is 0 Å². The standard InChI is InChI=1S/C28H22F3NO5/c29-28(30,31)20-13-10-17(11-14-20)16-37-25-21-9-5-4-6-18(21)12-15-22(25)26(34)32-23(27(35)36)24(33)19-7-2-1-3-8-19/h1-15,23-24,33H,16H2,(H,32,34)(H,35,36). The van der Waals surface area contributed by atoms with Gasteiger partial charge in [-0.3, -0.25) is 4.79 Å². The van der Waals surface area contributed by atoms with Crippen molar-refractivity contribution in [2.24, 2.45) is 0 Å². The Morgan fingerprint density at radius 1 is 0.865 bits per heavy atom. The molecule has 0 saturated heterocycles. The van der Waals surface area contributed by atoms with Gasteiger partial charge in [-0.05, 0) is 34.7 Å². The second-order valence-corrected chi connectivity index (χ2v) is 8.29. The van der Waals surface area contributed by atoms with Crippen LogP contribution in [0.4, 0.5) is 13.2 Å². The number of hydrogen-bond acceptors (Lipinski definition) is 4. The van der Waals surface area contributed by atoms with Crippen LogP contribution >= 0.6 is 0 Å². The third-order valence-electron chi connectivity index (χ3n) is 5.80. The molecule has 4 aromatic carbocycles. The summed E-state index contributed by atoms with van der Waals surface area (Å²) in [6.45, 7) is -0.137. The van der Waals surface area contributed by atoms with Crippen LogP contribution in [0, 0.1) is 0 Å². The summed E-state index contributed by atoms with van der Waals surface area (Å²) < 4.78 is 44.6. The number of rotatable bonds is 8. The van der Waals surface area contributed by atoms with E-state index in [2.05, 4.69) is 5.32 Å². The molecule has 0 aliphatic carbocycles. The summed E-state index contributed by atoms with van der Waals surface area (Å²) >= 11 is 0. The summed E-state index contributed by atoms with van der Waals surface area (Å²) in [6.07, 6.45) is -5.98. The Morgan fingerprint density at radius 2 is 1.51 bits per heavy atom. The Kier molecular flexibility index (Phi) is 7.45. The zero-order valence-corrected chi connectivity index (χ0v) is 19.3. The summed E-state index contributed by atoms with van der Waals surface area (Å²) in [7, 11) is 0. The summed E-state index contributed by atoms with van der Waals surface area (Å²) in [5.74, 6) is -2.10. The van der Waals surface area contributed by atoms with Gasteiger partial charge in [-0.2, -0.15) is 13.2 Å². The van der Waals surface area contributed by atoms with Crippen molar-refractivity contribution in [1.82, 2.24) is 5.32 Å². The minimum absolute atomic E-state index is 0.0112. The molecule has 1 amide bonds. The van der Waals surface area contributed by atoms with Gasteiger partial charge in [0.15, 0.2) is 6.04 Å². The molecule has 0 aliphatic rings. The maximum Gasteiger partial charge on any atom is 0.416 e. The molecule has 0 radical (unpaired) electrons. The van der Waals surface area contributed by atoms with Crippen LogP contribution in [0.25, 0.3) is 10.8 Å². The van der Waals surface area contributed by atoms with Gasteiger partial charge in [0.25, 0.3) is 5.91 Å². The monoisotopic (exact) mass is 509 g/mol. The van der Waals surface area contributed by atoms with E-state index in [0.29, 0.717) is 16.5 Å². The highest BCUT2D eigenvalue weighted by Crippen LogP contribution is 2.32. The van der Waals surface area contributed by atoms with Gasteiger partial charge in [-0.25, -0.2) is 4.79 Å². The lowest BCUT2D eigenvalue weighted by molar-refractivity contribution is -0.142.